The molecule has 4 aromatic rings. The van der Waals surface area contributed by atoms with Crippen LogP contribution in [-0.2, 0) is 4.79 Å². The summed E-state index contributed by atoms with van der Waals surface area (Å²) in [4.78, 5) is 34.3. The fourth-order valence-electron chi connectivity index (χ4n) is 3.04. The molecule has 2 heterocycles. The highest BCUT2D eigenvalue weighted by atomic mass is 32.1. The highest BCUT2D eigenvalue weighted by molar-refractivity contribution is 7.10. The third kappa shape index (κ3) is 5.15. The van der Waals surface area contributed by atoms with Gasteiger partial charge in [0.05, 0.1) is 28.5 Å². The standard InChI is InChI=1S/C24H24N6O2S/c1-14-20(21(31)26-15-8-7-9-16(12-15)27-23(32)24(2,3)4)22(33-30-14)29-19-13-25-17-10-5-6-11-18(17)28-19/h5-13H,1-4H3,(H,26,31)(H,27,32)(H,28,29). The molecule has 0 bridgehead atoms. The number of carbonyl (C=O) groups is 2. The lowest BCUT2D eigenvalue weighted by Crippen LogP contribution is -2.27. The number of aromatic nitrogens is 3. The number of nitrogens with zero attached hydrogens (tertiary/aromatic N) is 3. The zero-order chi connectivity index (χ0) is 23.6. The van der Waals surface area contributed by atoms with Crippen molar-refractivity contribution in [1.82, 2.24) is 14.3 Å². The molecule has 3 N–H and O–H groups in total. The van der Waals surface area contributed by atoms with Gasteiger partial charge in [0.15, 0.2) is 0 Å². The first-order chi connectivity index (χ1) is 15.7. The van der Waals surface area contributed by atoms with Crippen LogP contribution in [0.2, 0.25) is 0 Å². The van der Waals surface area contributed by atoms with Crippen molar-refractivity contribution in [3.63, 3.8) is 0 Å². The van der Waals surface area contributed by atoms with Crippen molar-refractivity contribution in [2.24, 2.45) is 5.41 Å². The first kappa shape index (κ1) is 22.3. The highest BCUT2D eigenvalue weighted by Gasteiger charge is 2.22. The van der Waals surface area contributed by atoms with Crippen molar-refractivity contribution in [3.05, 3.63) is 66.0 Å². The minimum Gasteiger partial charge on any atom is -0.329 e. The number of anilines is 4. The molecule has 4 rings (SSSR count). The molecule has 0 saturated carbocycles. The van der Waals surface area contributed by atoms with E-state index in [0.717, 1.165) is 11.0 Å². The van der Waals surface area contributed by atoms with Crippen molar-refractivity contribution in [2.75, 3.05) is 16.0 Å². The molecule has 8 nitrogen and oxygen atoms in total. The van der Waals surface area contributed by atoms with Crippen LogP contribution in [0.4, 0.5) is 22.2 Å². The highest BCUT2D eigenvalue weighted by Crippen LogP contribution is 2.29. The summed E-state index contributed by atoms with van der Waals surface area (Å²) in [6.45, 7) is 7.31. The fraction of sp³-hybridized carbons (Fsp3) is 0.208. The zero-order valence-corrected chi connectivity index (χ0v) is 19.6. The van der Waals surface area contributed by atoms with Crippen molar-refractivity contribution in [1.29, 1.82) is 0 Å². The van der Waals surface area contributed by atoms with Crippen LogP contribution in [0.15, 0.2) is 54.7 Å². The number of hydrogen-bond donors (Lipinski definition) is 3. The molecule has 9 heteroatoms. The summed E-state index contributed by atoms with van der Waals surface area (Å²) in [6.07, 6.45) is 1.63. The number of benzene rings is 2. The molecule has 0 atom stereocenters. The average molecular weight is 461 g/mol. The van der Waals surface area contributed by atoms with Gasteiger partial charge in [0.1, 0.15) is 10.8 Å². The van der Waals surface area contributed by atoms with Crippen molar-refractivity contribution in [3.8, 4) is 0 Å². The normalized spacial score (nSPS) is 11.3. The van der Waals surface area contributed by atoms with E-state index >= 15 is 0 Å². The van der Waals surface area contributed by atoms with E-state index in [-0.39, 0.29) is 11.8 Å². The van der Waals surface area contributed by atoms with Gasteiger partial charge in [-0.15, -0.1) is 0 Å². The topological polar surface area (TPSA) is 109 Å². The Labute approximate surface area is 195 Å². The Hall–Kier alpha value is -3.85. The monoisotopic (exact) mass is 460 g/mol. The Bertz CT molecular complexity index is 1340. The van der Waals surface area contributed by atoms with Crippen molar-refractivity contribution >= 4 is 56.6 Å². The molecule has 0 unspecified atom stereocenters. The summed E-state index contributed by atoms with van der Waals surface area (Å²) in [6, 6.07) is 14.6. The molecule has 0 radical (unpaired) electrons. The molecular formula is C24H24N6O2S. The summed E-state index contributed by atoms with van der Waals surface area (Å²) in [5.41, 5.74) is 3.23. The Balaban J connectivity index is 1.53. The van der Waals surface area contributed by atoms with E-state index in [1.165, 1.54) is 11.5 Å². The maximum atomic E-state index is 13.1. The van der Waals surface area contributed by atoms with Gasteiger partial charge in [0.25, 0.3) is 5.91 Å². The summed E-state index contributed by atoms with van der Waals surface area (Å²) in [7, 11) is 0. The number of hydrogen-bond acceptors (Lipinski definition) is 7. The molecule has 0 saturated heterocycles. The molecule has 2 aromatic heterocycles. The largest absolute Gasteiger partial charge is 0.329 e. The predicted octanol–water partition coefficient (Wildman–Crippen LogP) is 5.38. The number of aryl methyl sites for hydroxylation is 1. The Morgan fingerprint density at radius 1 is 0.939 bits per heavy atom. The smallest absolute Gasteiger partial charge is 0.260 e. The molecular weight excluding hydrogens is 436 g/mol. The van der Waals surface area contributed by atoms with Gasteiger partial charge < -0.3 is 16.0 Å². The van der Waals surface area contributed by atoms with Crippen LogP contribution in [0, 0.1) is 12.3 Å². The number of nitrogens with one attached hydrogen (secondary N) is 3. The lowest BCUT2D eigenvalue weighted by molar-refractivity contribution is -0.123. The molecule has 2 aromatic carbocycles. The maximum Gasteiger partial charge on any atom is 0.260 e. The van der Waals surface area contributed by atoms with Crippen LogP contribution in [-0.4, -0.2) is 26.2 Å². The minimum atomic E-state index is -0.523. The number of fused-ring (bicyclic) bond motifs is 1. The van der Waals surface area contributed by atoms with E-state index in [4.69, 9.17) is 0 Å². The maximum absolute atomic E-state index is 13.1. The SMILES string of the molecule is Cc1nsc(Nc2cnc3ccccc3n2)c1C(=O)Nc1cccc(NC(=O)C(C)(C)C)c1. The number of carbonyl (C=O) groups excluding carboxylic acids is 2. The van der Waals surface area contributed by atoms with Crippen LogP contribution in [0.25, 0.3) is 11.0 Å². The second-order valence-electron chi connectivity index (χ2n) is 8.58. The van der Waals surface area contributed by atoms with Crippen LogP contribution >= 0.6 is 11.5 Å². The second kappa shape index (κ2) is 8.95. The lowest BCUT2D eigenvalue weighted by atomic mass is 9.95. The quantitative estimate of drug-likeness (QED) is 0.369. The number of rotatable bonds is 5. The molecule has 2 amide bonds. The Kier molecular flexibility index (Phi) is 6.06. The van der Waals surface area contributed by atoms with Crippen molar-refractivity contribution in [2.45, 2.75) is 27.7 Å². The van der Waals surface area contributed by atoms with Gasteiger partial charge >= 0.3 is 0 Å². The van der Waals surface area contributed by atoms with Gasteiger partial charge in [0.2, 0.25) is 5.91 Å². The van der Waals surface area contributed by atoms with Gasteiger partial charge in [0, 0.05) is 16.8 Å². The zero-order valence-electron chi connectivity index (χ0n) is 18.8. The van der Waals surface area contributed by atoms with Gasteiger partial charge in [-0.1, -0.05) is 39.0 Å². The summed E-state index contributed by atoms with van der Waals surface area (Å²) in [5.74, 6) is 0.113. The predicted molar refractivity (Wildman–Crippen MR) is 132 cm³/mol. The van der Waals surface area contributed by atoms with Crippen LogP contribution in [0.3, 0.4) is 0 Å². The van der Waals surface area contributed by atoms with Gasteiger partial charge in [-0.3, -0.25) is 14.6 Å². The van der Waals surface area contributed by atoms with Crippen LogP contribution in [0.1, 0.15) is 36.8 Å². The van der Waals surface area contributed by atoms with Gasteiger partial charge in [-0.2, -0.15) is 4.37 Å². The number of amides is 2. The molecule has 168 valence electrons. The first-order valence-electron chi connectivity index (χ1n) is 10.4. The first-order valence-corrected chi connectivity index (χ1v) is 11.2. The third-order valence-corrected chi connectivity index (χ3v) is 5.69. The van der Waals surface area contributed by atoms with E-state index in [0.29, 0.717) is 33.5 Å². The number of para-hydroxylation sites is 2. The lowest BCUT2D eigenvalue weighted by Gasteiger charge is -2.18. The molecule has 0 aliphatic rings. The summed E-state index contributed by atoms with van der Waals surface area (Å²) in [5, 5.41) is 9.51. The summed E-state index contributed by atoms with van der Waals surface area (Å²) >= 11 is 1.18. The van der Waals surface area contributed by atoms with E-state index in [9.17, 15) is 9.59 Å². The second-order valence-corrected chi connectivity index (χ2v) is 9.35. The molecule has 0 aliphatic carbocycles. The van der Waals surface area contributed by atoms with Gasteiger partial charge in [-0.05, 0) is 48.8 Å². The van der Waals surface area contributed by atoms with E-state index in [1.54, 1.807) is 37.4 Å². The molecule has 0 aliphatic heterocycles. The summed E-state index contributed by atoms with van der Waals surface area (Å²) < 4.78 is 4.33. The van der Waals surface area contributed by atoms with Crippen LogP contribution in [0.5, 0.6) is 0 Å². The third-order valence-electron chi connectivity index (χ3n) is 4.84. The van der Waals surface area contributed by atoms with Crippen LogP contribution < -0.4 is 16.0 Å². The fourth-order valence-corrected chi connectivity index (χ4v) is 3.84. The Morgan fingerprint density at radius 3 is 2.36 bits per heavy atom. The average Bonchev–Trinajstić information content (AvgIpc) is 3.13. The van der Waals surface area contributed by atoms with E-state index in [2.05, 4.69) is 30.3 Å². The van der Waals surface area contributed by atoms with E-state index in [1.807, 2.05) is 45.0 Å². The van der Waals surface area contributed by atoms with Gasteiger partial charge in [-0.25, -0.2) is 4.98 Å². The Morgan fingerprint density at radius 2 is 1.64 bits per heavy atom. The molecule has 0 spiro atoms. The minimum absolute atomic E-state index is 0.105. The molecule has 0 fully saturated rings. The molecule has 33 heavy (non-hydrogen) atoms. The van der Waals surface area contributed by atoms with E-state index < -0.39 is 5.41 Å². The van der Waals surface area contributed by atoms with Crippen molar-refractivity contribution < 1.29 is 9.59 Å².